The van der Waals surface area contributed by atoms with Crippen molar-refractivity contribution in [1.82, 2.24) is 5.32 Å². The molecule has 0 fully saturated rings. The predicted octanol–water partition coefficient (Wildman–Crippen LogP) is 4.52. The quantitative estimate of drug-likeness (QED) is 0.792. The maximum absolute atomic E-state index is 3.55. The van der Waals surface area contributed by atoms with Gasteiger partial charge >= 0.3 is 0 Å². The molecule has 106 valence electrons. The van der Waals surface area contributed by atoms with Crippen molar-refractivity contribution >= 4 is 0 Å². The van der Waals surface area contributed by atoms with Crippen molar-refractivity contribution in [2.75, 3.05) is 7.05 Å². The predicted molar refractivity (Wildman–Crippen MR) is 83.7 cm³/mol. The fraction of sp³-hybridized carbons (Fsp3) is 0.667. The van der Waals surface area contributed by atoms with E-state index in [1.807, 2.05) is 0 Å². The third-order valence-corrected chi connectivity index (χ3v) is 4.85. The molecule has 0 saturated carbocycles. The Labute approximate surface area is 118 Å². The number of fused-ring (bicyclic) bond motifs is 1. The maximum Gasteiger partial charge on any atom is 0.00724 e. The normalized spacial score (nSPS) is 21.7. The summed E-state index contributed by atoms with van der Waals surface area (Å²) < 4.78 is 0. The zero-order chi connectivity index (χ0) is 13.7. The molecule has 0 amide bonds. The van der Waals surface area contributed by atoms with Gasteiger partial charge in [-0.3, -0.25) is 0 Å². The molecule has 1 aromatic rings. The van der Waals surface area contributed by atoms with Crippen LogP contribution in [-0.4, -0.2) is 13.1 Å². The first kappa shape index (κ1) is 14.6. The standard InChI is InChI=1S/C18H29N/c1-4-14(2)12-17(19-3)13-16-10-7-9-15-8-5-6-11-18(15)16/h5-6,8,11,14,16-17,19H,4,7,9-10,12-13H2,1-3H3. The van der Waals surface area contributed by atoms with E-state index in [1.54, 1.807) is 11.1 Å². The molecule has 0 saturated heterocycles. The number of aryl methyl sites for hydroxylation is 1. The highest BCUT2D eigenvalue weighted by Gasteiger charge is 2.23. The highest BCUT2D eigenvalue weighted by Crippen LogP contribution is 2.35. The van der Waals surface area contributed by atoms with E-state index in [4.69, 9.17) is 0 Å². The molecule has 1 aromatic carbocycles. The second-order valence-electron chi connectivity index (χ2n) is 6.26. The molecule has 0 heterocycles. The van der Waals surface area contributed by atoms with Crippen molar-refractivity contribution in [1.29, 1.82) is 0 Å². The molecule has 0 aliphatic heterocycles. The van der Waals surface area contributed by atoms with E-state index in [2.05, 4.69) is 50.5 Å². The number of hydrogen-bond acceptors (Lipinski definition) is 1. The third-order valence-electron chi connectivity index (χ3n) is 4.85. The molecule has 0 bridgehead atoms. The van der Waals surface area contributed by atoms with E-state index in [9.17, 15) is 0 Å². The Morgan fingerprint density at radius 3 is 2.84 bits per heavy atom. The molecule has 1 aliphatic rings. The van der Waals surface area contributed by atoms with Gasteiger partial charge in [0.15, 0.2) is 0 Å². The zero-order valence-corrected chi connectivity index (χ0v) is 12.8. The van der Waals surface area contributed by atoms with Gasteiger partial charge < -0.3 is 5.32 Å². The van der Waals surface area contributed by atoms with E-state index in [1.165, 1.54) is 38.5 Å². The number of nitrogens with one attached hydrogen (secondary N) is 1. The van der Waals surface area contributed by atoms with Crippen LogP contribution in [0.2, 0.25) is 0 Å². The van der Waals surface area contributed by atoms with Crippen LogP contribution in [0.3, 0.4) is 0 Å². The molecule has 1 nitrogen and oxygen atoms in total. The fourth-order valence-electron chi connectivity index (χ4n) is 3.43. The molecular weight excluding hydrogens is 230 g/mol. The number of benzene rings is 1. The summed E-state index contributed by atoms with van der Waals surface area (Å²) in [5.41, 5.74) is 3.22. The van der Waals surface area contributed by atoms with Gasteiger partial charge in [-0.05, 0) is 62.1 Å². The van der Waals surface area contributed by atoms with Crippen LogP contribution in [-0.2, 0) is 6.42 Å². The first-order chi connectivity index (χ1) is 9.24. The van der Waals surface area contributed by atoms with Crippen LogP contribution >= 0.6 is 0 Å². The topological polar surface area (TPSA) is 12.0 Å². The van der Waals surface area contributed by atoms with Crippen molar-refractivity contribution in [3.8, 4) is 0 Å². The molecule has 3 unspecified atom stereocenters. The lowest BCUT2D eigenvalue weighted by molar-refractivity contribution is 0.359. The van der Waals surface area contributed by atoms with Crippen molar-refractivity contribution < 1.29 is 0 Å². The SMILES string of the molecule is CCC(C)CC(CC1CCCc2ccccc21)NC. The molecule has 0 aromatic heterocycles. The summed E-state index contributed by atoms with van der Waals surface area (Å²) in [6, 6.07) is 9.75. The van der Waals surface area contributed by atoms with Crippen molar-refractivity contribution in [2.45, 2.75) is 64.3 Å². The molecule has 0 radical (unpaired) electrons. The fourth-order valence-corrected chi connectivity index (χ4v) is 3.43. The highest BCUT2D eigenvalue weighted by atomic mass is 14.9. The average molecular weight is 259 g/mol. The Bertz CT molecular complexity index is 385. The van der Waals surface area contributed by atoms with Crippen LogP contribution in [0, 0.1) is 5.92 Å². The molecule has 1 N–H and O–H groups in total. The summed E-state index contributed by atoms with van der Waals surface area (Å²) in [6.45, 7) is 4.67. The molecular formula is C18H29N. The van der Waals surface area contributed by atoms with E-state index < -0.39 is 0 Å². The number of hydrogen-bond donors (Lipinski definition) is 1. The molecule has 1 heteroatoms. The Hall–Kier alpha value is -0.820. The average Bonchev–Trinajstić information content (AvgIpc) is 2.46. The van der Waals surface area contributed by atoms with Gasteiger partial charge in [0, 0.05) is 6.04 Å². The van der Waals surface area contributed by atoms with Gasteiger partial charge in [0.2, 0.25) is 0 Å². The van der Waals surface area contributed by atoms with Gasteiger partial charge in [-0.2, -0.15) is 0 Å². The summed E-state index contributed by atoms with van der Waals surface area (Å²) >= 11 is 0. The Morgan fingerprint density at radius 1 is 1.32 bits per heavy atom. The lowest BCUT2D eigenvalue weighted by Crippen LogP contribution is -2.30. The van der Waals surface area contributed by atoms with Crippen LogP contribution in [0.5, 0.6) is 0 Å². The van der Waals surface area contributed by atoms with Crippen molar-refractivity contribution in [3.63, 3.8) is 0 Å². The van der Waals surface area contributed by atoms with Gasteiger partial charge in [-0.25, -0.2) is 0 Å². The van der Waals surface area contributed by atoms with Crippen LogP contribution in [0.15, 0.2) is 24.3 Å². The minimum Gasteiger partial charge on any atom is -0.317 e. The Kier molecular flexibility index (Phi) is 5.45. The first-order valence-corrected chi connectivity index (χ1v) is 7.99. The Morgan fingerprint density at radius 2 is 2.11 bits per heavy atom. The lowest BCUT2D eigenvalue weighted by Gasteiger charge is -2.30. The second kappa shape index (κ2) is 7.09. The smallest absolute Gasteiger partial charge is 0.00724 e. The lowest BCUT2D eigenvalue weighted by atomic mass is 9.78. The minimum atomic E-state index is 0.672. The van der Waals surface area contributed by atoms with Gasteiger partial charge in [0.25, 0.3) is 0 Å². The second-order valence-corrected chi connectivity index (χ2v) is 6.26. The molecule has 1 aliphatic carbocycles. The first-order valence-electron chi connectivity index (χ1n) is 7.99. The van der Waals surface area contributed by atoms with Gasteiger partial charge in [0.1, 0.15) is 0 Å². The van der Waals surface area contributed by atoms with Crippen LogP contribution in [0.4, 0.5) is 0 Å². The van der Waals surface area contributed by atoms with E-state index in [0.717, 1.165) is 11.8 Å². The minimum absolute atomic E-state index is 0.672. The zero-order valence-electron chi connectivity index (χ0n) is 12.8. The van der Waals surface area contributed by atoms with E-state index in [-0.39, 0.29) is 0 Å². The monoisotopic (exact) mass is 259 g/mol. The van der Waals surface area contributed by atoms with Crippen LogP contribution in [0.25, 0.3) is 0 Å². The largest absolute Gasteiger partial charge is 0.317 e. The maximum atomic E-state index is 3.55. The highest BCUT2D eigenvalue weighted by molar-refractivity contribution is 5.32. The van der Waals surface area contributed by atoms with Crippen molar-refractivity contribution in [2.24, 2.45) is 5.92 Å². The van der Waals surface area contributed by atoms with Gasteiger partial charge in [0.05, 0.1) is 0 Å². The molecule has 2 rings (SSSR count). The third kappa shape index (κ3) is 3.82. The van der Waals surface area contributed by atoms with E-state index in [0.29, 0.717) is 6.04 Å². The summed E-state index contributed by atoms with van der Waals surface area (Å²) in [5.74, 6) is 1.60. The summed E-state index contributed by atoms with van der Waals surface area (Å²) in [4.78, 5) is 0. The van der Waals surface area contributed by atoms with E-state index >= 15 is 0 Å². The summed E-state index contributed by atoms with van der Waals surface area (Å²) in [6.07, 6.45) is 7.92. The van der Waals surface area contributed by atoms with Crippen LogP contribution < -0.4 is 5.32 Å². The van der Waals surface area contributed by atoms with Gasteiger partial charge in [-0.15, -0.1) is 0 Å². The summed E-state index contributed by atoms with van der Waals surface area (Å²) in [5, 5.41) is 3.55. The van der Waals surface area contributed by atoms with Crippen molar-refractivity contribution in [3.05, 3.63) is 35.4 Å². The molecule has 19 heavy (non-hydrogen) atoms. The number of rotatable bonds is 6. The van der Waals surface area contributed by atoms with Crippen LogP contribution in [0.1, 0.15) is 63.0 Å². The molecule has 0 spiro atoms. The Balaban J connectivity index is 2.02. The van der Waals surface area contributed by atoms with Gasteiger partial charge in [-0.1, -0.05) is 44.5 Å². The molecule has 3 atom stereocenters. The summed E-state index contributed by atoms with van der Waals surface area (Å²) in [7, 11) is 2.13.